The zero-order chi connectivity index (χ0) is 21.5. The van der Waals surface area contributed by atoms with Crippen LogP contribution in [0.5, 0.6) is 0 Å². The van der Waals surface area contributed by atoms with E-state index in [-0.39, 0.29) is 17.7 Å². The lowest BCUT2D eigenvalue weighted by Crippen LogP contribution is -2.41. The van der Waals surface area contributed by atoms with Crippen LogP contribution in [0, 0.1) is 11.8 Å². The van der Waals surface area contributed by atoms with Crippen LogP contribution in [0.25, 0.3) is 0 Å². The summed E-state index contributed by atoms with van der Waals surface area (Å²) in [5, 5.41) is 15.5. The molecule has 0 unspecified atom stereocenters. The highest BCUT2D eigenvalue weighted by molar-refractivity contribution is 5.14. The van der Waals surface area contributed by atoms with Crippen LogP contribution in [-0.2, 0) is 11.3 Å². The van der Waals surface area contributed by atoms with Gasteiger partial charge in [-0.2, -0.15) is 0 Å². The number of benzene rings is 1. The van der Waals surface area contributed by atoms with Gasteiger partial charge in [-0.15, -0.1) is 0 Å². The highest BCUT2D eigenvalue weighted by Crippen LogP contribution is 2.41. The summed E-state index contributed by atoms with van der Waals surface area (Å²) < 4.78 is 5.74. The monoisotopic (exact) mass is 406 g/mol. The Morgan fingerprint density at radius 3 is 1.97 bits per heavy atom. The normalized spacial score (nSPS) is 30.2. The van der Waals surface area contributed by atoms with Crippen molar-refractivity contribution in [3.05, 3.63) is 35.9 Å². The molecule has 2 saturated carbocycles. The van der Waals surface area contributed by atoms with E-state index in [0.717, 1.165) is 32.5 Å². The summed E-state index contributed by atoms with van der Waals surface area (Å²) in [5.74, 6) is 0.834. The highest BCUT2D eigenvalue weighted by atomic mass is 16.5. The first-order chi connectivity index (χ1) is 13.7. The van der Waals surface area contributed by atoms with Crippen LogP contribution in [0.1, 0.15) is 46.1 Å². The summed E-state index contributed by atoms with van der Waals surface area (Å²) in [5.41, 5.74) is 13.3. The summed E-state index contributed by atoms with van der Waals surface area (Å²) in [6.07, 6.45) is 2.03. The molecule has 1 aromatic rings. The van der Waals surface area contributed by atoms with Gasteiger partial charge in [0.05, 0.1) is 13.2 Å². The zero-order valence-electron chi connectivity index (χ0n) is 18.7. The van der Waals surface area contributed by atoms with Gasteiger partial charge in [0.15, 0.2) is 0 Å². The zero-order valence-corrected chi connectivity index (χ0v) is 18.7. The third kappa shape index (κ3) is 8.32. The van der Waals surface area contributed by atoms with Crippen molar-refractivity contribution in [3.63, 3.8) is 0 Å². The van der Waals surface area contributed by atoms with E-state index >= 15 is 0 Å². The lowest BCUT2D eigenvalue weighted by molar-refractivity contribution is 0.106. The molecule has 2 fully saturated rings. The smallest absolute Gasteiger partial charge is 0.0717 e. The third-order valence-electron chi connectivity index (χ3n) is 5.89. The van der Waals surface area contributed by atoms with E-state index in [0.29, 0.717) is 30.5 Å². The molecule has 0 radical (unpaired) electrons. The van der Waals surface area contributed by atoms with Gasteiger partial charge in [0.1, 0.15) is 0 Å². The Morgan fingerprint density at radius 1 is 0.966 bits per heavy atom. The predicted octanol–water partition coefficient (Wildman–Crippen LogP) is 1.61. The number of ether oxygens (including phenoxy) is 1. The van der Waals surface area contributed by atoms with Crippen LogP contribution < -0.4 is 22.1 Å². The molecule has 1 aromatic carbocycles. The topological polar surface area (TPSA) is 106 Å². The summed E-state index contributed by atoms with van der Waals surface area (Å²) in [6.45, 7) is 11.9. The largest absolute Gasteiger partial charge is 0.396 e. The maximum atomic E-state index is 8.80. The van der Waals surface area contributed by atoms with Crippen LogP contribution >= 0.6 is 0 Å². The van der Waals surface area contributed by atoms with Gasteiger partial charge < -0.3 is 31.9 Å². The number of aliphatic hydroxyl groups excluding tert-OH is 1. The van der Waals surface area contributed by atoms with E-state index in [1.54, 1.807) is 0 Å². The lowest BCUT2D eigenvalue weighted by Gasteiger charge is -2.15. The van der Waals surface area contributed by atoms with Crippen LogP contribution in [-0.4, -0.2) is 54.6 Å². The lowest BCUT2D eigenvalue weighted by atomic mass is 10.2. The number of nitrogens with two attached hydrogens (primary N) is 2. The van der Waals surface area contributed by atoms with Crippen molar-refractivity contribution in [1.29, 1.82) is 0 Å². The number of hydrogen-bond donors (Lipinski definition) is 5. The molecule has 6 heteroatoms. The quantitative estimate of drug-likeness (QED) is 0.382. The van der Waals surface area contributed by atoms with Crippen molar-refractivity contribution in [2.45, 2.75) is 70.3 Å². The molecule has 0 amide bonds. The Morgan fingerprint density at radius 2 is 1.48 bits per heavy atom. The molecule has 2 aliphatic rings. The van der Waals surface area contributed by atoms with Crippen molar-refractivity contribution in [1.82, 2.24) is 10.6 Å². The average molecular weight is 407 g/mol. The Hall–Kier alpha value is -1.02. The van der Waals surface area contributed by atoms with E-state index in [1.807, 2.05) is 18.2 Å². The van der Waals surface area contributed by atoms with Gasteiger partial charge in [-0.05, 0) is 18.4 Å². The van der Waals surface area contributed by atoms with Gasteiger partial charge in [0, 0.05) is 54.7 Å². The molecule has 0 aliphatic heterocycles. The number of nitrogens with one attached hydrogen (secondary N) is 2. The second-order valence-corrected chi connectivity index (χ2v) is 9.52. The maximum Gasteiger partial charge on any atom is 0.0717 e. The minimum Gasteiger partial charge on any atom is -0.396 e. The molecule has 3 rings (SSSR count). The fraction of sp³-hybridized carbons (Fsp3) is 0.739. The Labute approximate surface area is 176 Å². The van der Waals surface area contributed by atoms with E-state index in [9.17, 15) is 0 Å². The molecule has 0 spiro atoms. The van der Waals surface area contributed by atoms with E-state index in [2.05, 4.69) is 50.5 Å². The third-order valence-corrected chi connectivity index (χ3v) is 5.89. The van der Waals surface area contributed by atoms with Crippen LogP contribution in [0.2, 0.25) is 0 Å². The predicted molar refractivity (Wildman–Crippen MR) is 120 cm³/mol. The van der Waals surface area contributed by atoms with E-state index < -0.39 is 0 Å². The number of aliphatic hydroxyl groups is 1. The van der Waals surface area contributed by atoms with Gasteiger partial charge in [-0.3, -0.25) is 0 Å². The number of hydrogen-bond acceptors (Lipinski definition) is 6. The molecule has 166 valence electrons. The molecular weight excluding hydrogens is 364 g/mol. The molecular formula is C23H42N4O2. The van der Waals surface area contributed by atoms with Gasteiger partial charge in [0.25, 0.3) is 0 Å². The summed E-state index contributed by atoms with van der Waals surface area (Å²) >= 11 is 0. The van der Waals surface area contributed by atoms with E-state index in [1.165, 1.54) is 5.56 Å². The molecule has 2 aliphatic carbocycles. The SMILES string of the molecule is CC(C)NC[C@@]1(N)C[C@@H]1CO.CC(C)NC[C@@]1(N)C[C@@H]1COCc1ccccc1. The standard InChI is InChI=1S/C15H24N2O.C8H18N2O/c1-12(2)17-11-15(16)8-14(15)10-18-9-13-6-4-3-5-7-13;1-6(2)10-5-8(9)3-7(8)4-11/h3-7,12,14,17H,8-11,16H2,1-2H3;6-7,10-11H,3-5,9H2,1-2H3/t14-,15+;7-,8+/m11/s1. The fourth-order valence-electron chi connectivity index (χ4n) is 3.39. The Kier molecular flexibility index (Phi) is 9.07. The molecule has 7 N–H and O–H groups in total. The van der Waals surface area contributed by atoms with Crippen molar-refractivity contribution in [2.24, 2.45) is 23.3 Å². The molecule has 0 aromatic heterocycles. The second kappa shape index (κ2) is 10.8. The molecule has 29 heavy (non-hydrogen) atoms. The van der Waals surface area contributed by atoms with Gasteiger partial charge in [-0.25, -0.2) is 0 Å². The van der Waals surface area contributed by atoms with Gasteiger partial charge in [-0.1, -0.05) is 58.0 Å². The average Bonchev–Trinajstić information content (AvgIpc) is 3.55. The summed E-state index contributed by atoms with van der Waals surface area (Å²) in [7, 11) is 0. The molecule has 0 bridgehead atoms. The van der Waals surface area contributed by atoms with Gasteiger partial charge >= 0.3 is 0 Å². The molecule has 0 heterocycles. The fourth-order valence-corrected chi connectivity index (χ4v) is 3.39. The van der Waals surface area contributed by atoms with Gasteiger partial charge in [0.2, 0.25) is 0 Å². The van der Waals surface area contributed by atoms with Crippen molar-refractivity contribution >= 4 is 0 Å². The Bertz CT molecular complexity index is 598. The van der Waals surface area contributed by atoms with Crippen LogP contribution in [0.3, 0.4) is 0 Å². The summed E-state index contributed by atoms with van der Waals surface area (Å²) in [4.78, 5) is 0. The highest BCUT2D eigenvalue weighted by Gasteiger charge is 2.50. The van der Waals surface area contributed by atoms with E-state index in [4.69, 9.17) is 21.3 Å². The first-order valence-electron chi connectivity index (χ1n) is 11.0. The van der Waals surface area contributed by atoms with Crippen molar-refractivity contribution < 1.29 is 9.84 Å². The molecule has 4 atom stereocenters. The Balaban J connectivity index is 0.000000234. The van der Waals surface area contributed by atoms with Crippen LogP contribution in [0.15, 0.2) is 30.3 Å². The summed E-state index contributed by atoms with van der Waals surface area (Å²) in [6, 6.07) is 11.2. The second-order valence-electron chi connectivity index (χ2n) is 9.52. The first kappa shape index (κ1) is 24.3. The first-order valence-corrected chi connectivity index (χ1v) is 11.0. The number of rotatable bonds is 11. The van der Waals surface area contributed by atoms with Crippen molar-refractivity contribution in [3.8, 4) is 0 Å². The maximum absolute atomic E-state index is 8.80. The minimum absolute atomic E-state index is 0.0407. The van der Waals surface area contributed by atoms with Crippen LogP contribution in [0.4, 0.5) is 0 Å². The van der Waals surface area contributed by atoms with Crippen molar-refractivity contribution in [2.75, 3.05) is 26.3 Å². The molecule has 0 saturated heterocycles. The minimum atomic E-state index is -0.112. The molecule has 6 nitrogen and oxygen atoms in total.